The van der Waals surface area contributed by atoms with Crippen LogP contribution < -0.4 is 19.6 Å². The van der Waals surface area contributed by atoms with Gasteiger partial charge in [0.1, 0.15) is 0 Å². The molecule has 0 spiro atoms. The Morgan fingerprint density at radius 3 is 1.47 bits per heavy atom. The summed E-state index contributed by atoms with van der Waals surface area (Å²) in [5, 5.41) is 6.56. The third-order valence-electron chi connectivity index (χ3n) is 4.41. The van der Waals surface area contributed by atoms with Crippen molar-refractivity contribution in [3.05, 3.63) is 106 Å². The van der Waals surface area contributed by atoms with Gasteiger partial charge in [-0.3, -0.25) is 0 Å². The summed E-state index contributed by atoms with van der Waals surface area (Å²) in [6, 6.07) is 21.2. The number of nitrogens with one attached hydrogen (secondary N) is 2. The molecule has 2 amide bonds. The Balaban J connectivity index is 1.55. The molecule has 0 fully saturated rings. The molecule has 0 bridgehead atoms. The van der Waals surface area contributed by atoms with Crippen LogP contribution in [0.3, 0.4) is 0 Å². The monoisotopic (exact) mass is 622 g/mol. The Morgan fingerprint density at radius 1 is 0.647 bits per heavy atom. The average Bonchev–Trinajstić information content (AvgIpc) is 2.85. The van der Waals surface area contributed by atoms with E-state index in [9.17, 15) is 9.59 Å². The van der Waals surface area contributed by atoms with Gasteiger partial charge in [-0.1, -0.05) is 0 Å². The van der Waals surface area contributed by atoms with E-state index in [2.05, 4.69) is 20.6 Å². The van der Waals surface area contributed by atoms with Gasteiger partial charge in [-0.2, -0.15) is 0 Å². The van der Waals surface area contributed by atoms with Crippen molar-refractivity contribution in [3.63, 3.8) is 0 Å². The molecular formula is C24H16Cl2N4O2Se2. The molecule has 0 atom stereocenters. The van der Waals surface area contributed by atoms with Crippen LogP contribution in [-0.2, 0) is 0 Å². The number of carbonyl (C=O) groups excluding carboxylic acids is 2. The van der Waals surface area contributed by atoms with Crippen molar-refractivity contribution in [2.45, 2.75) is 0 Å². The van der Waals surface area contributed by atoms with Gasteiger partial charge < -0.3 is 0 Å². The molecule has 2 aromatic heterocycles. The van der Waals surface area contributed by atoms with Crippen molar-refractivity contribution < 1.29 is 9.59 Å². The number of nitrogens with zero attached hydrogens (tertiary/aromatic N) is 2. The van der Waals surface area contributed by atoms with Crippen molar-refractivity contribution in [1.82, 2.24) is 9.97 Å². The van der Waals surface area contributed by atoms with Gasteiger partial charge in [0.25, 0.3) is 0 Å². The summed E-state index contributed by atoms with van der Waals surface area (Å²) in [4.78, 5) is 34.2. The Bertz CT molecular complexity index is 1220. The maximum atomic E-state index is 12.9. The van der Waals surface area contributed by atoms with Crippen LogP contribution in [0.4, 0.5) is 11.6 Å². The van der Waals surface area contributed by atoms with Crippen molar-refractivity contribution >= 4 is 81.8 Å². The zero-order valence-corrected chi connectivity index (χ0v) is 22.3. The van der Waals surface area contributed by atoms with E-state index in [0.29, 0.717) is 32.8 Å². The fourth-order valence-electron chi connectivity index (χ4n) is 2.84. The Labute approximate surface area is 217 Å². The van der Waals surface area contributed by atoms with Crippen LogP contribution in [0.25, 0.3) is 0 Å². The standard InChI is InChI=1S/C24H16Cl2N4O2Se2/c25-15-7-9-19(17(13-15)23(31)29-21-5-1-3-11-27-21)33-34-20-10-8-16(26)14-18(20)24(32)30-22-6-2-4-12-28-22/h1-14H,(H,27,29,31)(H,28,30,32). The van der Waals surface area contributed by atoms with Crippen molar-refractivity contribution in [3.8, 4) is 0 Å². The number of amides is 2. The van der Waals surface area contributed by atoms with Crippen LogP contribution in [0.15, 0.2) is 85.2 Å². The third-order valence-corrected chi connectivity index (χ3v) is 12.1. The minimum atomic E-state index is -0.280. The normalized spacial score (nSPS) is 10.5. The van der Waals surface area contributed by atoms with Crippen LogP contribution >= 0.6 is 23.2 Å². The van der Waals surface area contributed by atoms with E-state index in [4.69, 9.17) is 23.2 Å². The molecule has 0 aliphatic carbocycles. The van der Waals surface area contributed by atoms with Gasteiger partial charge >= 0.3 is 218 Å². The van der Waals surface area contributed by atoms with Gasteiger partial charge in [0.15, 0.2) is 0 Å². The number of rotatable bonds is 7. The number of aromatic nitrogens is 2. The summed E-state index contributed by atoms with van der Waals surface area (Å²) in [6.07, 6.45) is 3.22. The van der Waals surface area contributed by atoms with Crippen LogP contribution in [0.5, 0.6) is 0 Å². The topological polar surface area (TPSA) is 84.0 Å². The predicted molar refractivity (Wildman–Crippen MR) is 138 cm³/mol. The number of anilines is 2. The van der Waals surface area contributed by atoms with Crippen molar-refractivity contribution in [2.75, 3.05) is 10.6 Å². The summed E-state index contributed by atoms with van der Waals surface area (Å²) in [5.74, 6) is 0.362. The second-order valence-electron chi connectivity index (χ2n) is 6.79. The maximum absolute atomic E-state index is 12.9. The molecule has 34 heavy (non-hydrogen) atoms. The quantitative estimate of drug-likeness (QED) is 0.310. The van der Waals surface area contributed by atoms with E-state index in [-0.39, 0.29) is 38.1 Å². The molecule has 0 radical (unpaired) electrons. The SMILES string of the molecule is O=C(Nc1ccccn1)c1cc(Cl)ccc1[Se][Se]c1ccc(Cl)cc1C(=O)Nc1ccccn1. The van der Waals surface area contributed by atoms with E-state index in [0.717, 1.165) is 8.92 Å². The van der Waals surface area contributed by atoms with Gasteiger partial charge in [0.2, 0.25) is 0 Å². The zero-order chi connectivity index (χ0) is 23.9. The number of benzene rings is 2. The van der Waals surface area contributed by atoms with Crippen molar-refractivity contribution in [1.29, 1.82) is 0 Å². The molecule has 10 heteroatoms. The molecule has 0 saturated carbocycles. The molecule has 2 heterocycles. The Hall–Kier alpha value is -2.70. The first kappa shape index (κ1) is 24.4. The second-order valence-corrected chi connectivity index (χ2v) is 13.8. The summed E-state index contributed by atoms with van der Waals surface area (Å²) in [6.45, 7) is 0. The summed E-state index contributed by atoms with van der Waals surface area (Å²) in [5.41, 5.74) is 0.988. The number of pyridine rings is 2. The summed E-state index contributed by atoms with van der Waals surface area (Å²) >= 11 is 12.2. The molecule has 4 aromatic rings. The third kappa shape index (κ3) is 6.45. The van der Waals surface area contributed by atoms with Crippen LogP contribution in [0, 0.1) is 0 Å². The number of hydrogen-bond donors (Lipinski definition) is 2. The van der Waals surface area contributed by atoms with Crippen LogP contribution in [0.2, 0.25) is 10.0 Å². The number of hydrogen-bond acceptors (Lipinski definition) is 4. The molecule has 0 aliphatic rings. The molecule has 2 N–H and O–H groups in total. The molecule has 170 valence electrons. The summed E-state index contributed by atoms with van der Waals surface area (Å²) < 4.78 is 1.77. The number of carbonyl (C=O) groups is 2. The zero-order valence-electron chi connectivity index (χ0n) is 17.4. The second kappa shape index (κ2) is 11.6. The van der Waals surface area contributed by atoms with E-state index in [1.807, 2.05) is 12.1 Å². The fourth-order valence-corrected chi connectivity index (χ4v) is 10.2. The van der Waals surface area contributed by atoms with Gasteiger partial charge in [-0.15, -0.1) is 0 Å². The van der Waals surface area contributed by atoms with Gasteiger partial charge in [-0.05, 0) is 0 Å². The fraction of sp³-hybridized carbons (Fsp3) is 0. The first-order valence-electron chi connectivity index (χ1n) is 9.88. The summed E-state index contributed by atoms with van der Waals surface area (Å²) in [7, 11) is 0. The molecule has 0 unspecified atom stereocenters. The van der Waals surface area contributed by atoms with E-state index in [1.54, 1.807) is 73.1 Å². The first-order valence-corrected chi connectivity index (χ1v) is 16.7. The number of halogens is 2. The van der Waals surface area contributed by atoms with E-state index < -0.39 is 0 Å². The first-order chi connectivity index (χ1) is 16.5. The average molecular weight is 621 g/mol. The van der Waals surface area contributed by atoms with Crippen molar-refractivity contribution in [2.24, 2.45) is 0 Å². The van der Waals surface area contributed by atoms with Gasteiger partial charge in [0, 0.05) is 0 Å². The molecule has 0 aliphatic heterocycles. The van der Waals surface area contributed by atoms with E-state index in [1.165, 1.54) is 0 Å². The van der Waals surface area contributed by atoms with Gasteiger partial charge in [0.05, 0.1) is 0 Å². The molecule has 4 rings (SSSR count). The van der Waals surface area contributed by atoms with Crippen LogP contribution in [-0.4, -0.2) is 48.0 Å². The molecule has 6 nitrogen and oxygen atoms in total. The predicted octanol–water partition coefficient (Wildman–Crippen LogP) is 3.56. The molecule has 2 aromatic carbocycles. The molecule has 0 saturated heterocycles. The molecular weight excluding hydrogens is 605 g/mol. The Morgan fingerprint density at radius 2 is 1.09 bits per heavy atom. The minimum absolute atomic E-state index is 0.109. The Kier molecular flexibility index (Phi) is 8.35. The van der Waals surface area contributed by atoms with Crippen LogP contribution in [0.1, 0.15) is 20.7 Å². The van der Waals surface area contributed by atoms with Gasteiger partial charge in [-0.25, -0.2) is 0 Å². The van der Waals surface area contributed by atoms with E-state index >= 15 is 0 Å².